The molecule has 0 saturated carbocycles. The van der Waals surface area contributed by atoms with Gasteiger partial charge in [-0.05, 0) is 37.1 Å². The van der Waals surface area contributed by atoms with Crippen LogP contribution in [0.15, 0.2) is 48.7 Å². The van der Waals surface area contributed by atoms with Crippen LogP contribution < -0.4 is 20.7 Å². The van der Waals surface area contributed by atoms with E-state index in [4.69, 9.17) is 4.74 Å². The summed E-state index contributed by atoms with van der Waals surface area (Å²) in [6.07, 6.45) is 3.91. The van der Waals surface area contributed by atoms with Gasteiger partial charge in [0, 0.05) is 24.9 Å². The largest absolute Gasteiger partial charge is 0.491 e. The number of nitrogens with one attached hydrogen (secondary N) is 3. The highest BCUT2D eigenvalue weighted by Crippen LogP contribution is 2.23. The van der Waals surface area contributed by atoms with Crippen molar-refractivity contribution in [1.29, 1.82) is 0 Å². The Morgan fingerprint density at radius 1 is 1.23 bits per heavy atom. The summed E-state index contributed by atoms with van der Waals surface area (Å²) in [6.45, 7) is 1.11. The SMILES string of the molecule is O=C(Nc1ccccc1OCCc1ccccn1)N[C@@H]1CCCNC1=O. The van der Waals surface area contributed by atoms with E-state index < -0.39 is 12.1 Å². The molecule has 1 aromatic carbocycles. The third-order valence-electron chi connectivity index (χ3n) is 4.07. The highest BCUT2D eigenvalue weighted by atomic mass is 16.5. The van der Waals surface area contributed by atoms with Crippen LogP contribution in [0.25, 0.3) is 0 Å². The lowest BCUT2D eigenvalue weighted by atomic mass is 10.1. The van der Waals surface area contributed by atoms with Gasteiger partial charge in [0.2, 0.25) is 5.91 Å². The molecule has 1 aliphatic rings. The Morgan fingerprint density at radius 3 is 2.88 bits per heavy atom. The second kappa shape index (κ2) is 8.84. The minimum Gasteiger partial charge on any atom is -0.491 e. The van der Waals surface area contributed by atoms with Crippen LogP contribution >= 0.6 is 0 Å². The predicted molar refractivity (Wildman–Crippen MR) is 98.1 cm³/mol. The second-order valence-electron chi connectivity index (χ2n) is 6.00. The Hall–Kier alpha value is -3.09. The van der Waals surface area contributed by atoms with E-state index in [1.807, 2.05) is 30.3 Å². The predicted octanol–water partition coefficient (Wildman–Crippen LogP) is 2.10. The Kier molecular flexibility index (Phi) is 6.03. The third kappa shape index (κ3) is 4.95. The van der Waals surface area contributed by atoms with Crippen molar-refractivity contribution in [2.24, 2.45) is 0 Å². The van der Waals surface area contributed by atoms with Gasteiger partial charge < -0.3 is 20.7 Å². The first-order valence-corrected chi connectivity index (χ1v) is 8.69. The lowest BCUT2D eigenvalue weighted by Crippen LogP contribution is -2.51. The average Bonchev–Trinajstić information content (AvgIpc) is 2.66. The summed E-state index contributed by atoms with van der Waals surface area (Å²) in [5.74, 6) is 0.429. The molecule has 2 aromatic rings. The van der Waals surface area contributed by atoms with Crippen LogP contribution in [0.1, 0.15) is 18.5 Å². The van der Waals surface area contributed by atoms with Crippen molar-refractivity contribution in [2.75, 3.05) is 18.5 Å². The summed E-state index contributed by atoms with van der Waals surface area (Å²) in [7, 11) is 0. The number of piperidine rings is 1. The minimum atomic E-state index is -0.499. The van der Waals surface area contributed by atoms with Gasteiger partial charge in [-0.3, -0.25) is 9.78 Å². The summed E-state index contributed by atoms with van der Waals surface area (Å²) in [6, 6.07) is 12.0. The van der Waals surface area contributed by atoms with Gasteiger partial charge in [-0.2, -0.15) is 0 Å². The van der Waals surface area contributed by atoms with Crippen molar-refractivity contribution in [3.63, 3.8) is 0 Å². The molecule has 3 rings (SSSR count). The van der Waals surface area contributed by atoms with Gasteiger partial charge in [0.15, 0.2) is 0 Å². The number of benzene rings is 1. The molecule has 0 unspecified atom stereocenters. The number of aromatic nitrogens is 1. The van der Waals surface area contributed by atoms with E-state index in [2.05, 4.69) is 20.9 Å². The van der Waals surface area contributed by atoms with E-state index in [1.165, 1.54) is 0 Å². The zero-order valence-electron chi connectivity index (χ0n) is 14.4. The third-order valence-corrected chi connectivity index (χ3v) is 4.07. The number of hydrogen-bond donors (Lipinski definition) is 3. The van der Waals surface area contributed by atoms with Crippen molar-refractivity contribution in [3.8, 4) is 5.75 Å². The molecule has 3 N–H and O–H groups in total. The fraction of sp³-hybridized carbons (Fsp3) is 0.316. The molecule has 2 heterocycles. The highest BCUT2D eigenvalue weighted by molar-refractivity contribution is 5.94. The first kappa shape index (κ1) is 17.7. The summed E-state index contributed by atoms with van der Waals surface area (Å²) < 4.78 is 5.79. The molecule has 1 saturated heterocycles. The molecule has 0 radical (unpaired) electrons. The lowest BCUT2D eigenvalue weighted by molar-refractivity contribution is -0.124. The van der Waals surface area contributed by atoms with Crippen LogP contribution in [-0.2, 0) is 11.2 Å². The van der Waals surface area contributed by atoms with E-state index in [-0.39, 0.29) is 5.91 Å². The lowest BCUT2D eigenvalue weighted by Gasteiger charge is -2.23. The van der Waals surface area contributed by atoms with Gasteiger partial charge >= 0.3 is 6.03 Å². The smallest absolute Gasteiger partial charge is 0.319 e. The Morgan fingerprint density at radius 2 is 2.08 bits per heavy atom. The Labute approximate surface area is 152 Å². The topological polar surface area (TPSA) is 92.3 Å². The molecule has 26 heavy (non-hydrogen) atoms. The minimum absolute atomic E-state index is 0.147. The van der Waals surface area contributed by atoms with Gasteiger partial charge in [0.25, 0.3) is 0 Å². The fourth-order valence-corrected chi connectivity index (χ4v) is 2.73. The Balaban J connectivity index is 1.54. The number of pyridine rings is 1. The van der Waals surface area contributed by atoms with Crippen LogP contribution in [0.2, 0.25) is 0 Å². The van der Waals surface area contributed by atoms with E-state index in [1.54, 1.807) is 18.3 Å². The van der Waals surface area contributed by atoms with Gasteiger partial charge in [-0.15, -0.1) is 0 Å². The van der Waals surface area contributed by atoms with Crippen LogP contribution in [-0.4, -0.2) is 36.1 Å². The number of para-hydroxylation sites is 2. The summed E-state index contributed by atoms with van der Waals surface area (Å²) >= 11 is 0. The van der Waals surface area contributed by atoms with Crippen molar-refractivity contribution in [1.82, 2.24) is 15.6 Å². The van der Waals surface area contributed by atoms with Crippen molar-refractivity contribution in [2.45, 2.75) is 25.3 Å². The number of carbonyl (C=O) groups excluding carboxylic acids is 2. The molecule has 1 aromatic heterocycles. The van der Waals surface area contributed by atoms with Crippen LogP contribution in [0.3, 0.4) is 0 Å². The van der Waals surface area contributed by atoms with E-state index >= 15 is 0 Å². The number of ether oxygens (including phenoxy) is 1. The molecular formula is C19H22N4O3. The summed E-state index contributed by atoms with van der Waals surface area (Å²) in [5, 5.41) is 8.20. The number of anilines is 1. The molecule has 7 nitrogen and oxygen atoms in total. The maximum Gasteiger partial charge on any atom is 0.319 e. The molecule has 0 aliphatic carbocycles. The summed E-state index contributed by atoms with van der Waals surface area (Å²) in [5.41, 5.74) is 1.50. The Bertz CT molecular complexity index is 751. The number of carbonyl (C=O) groups is 2. The van der Waals surface area contributed by atoms with Crippen LogP contribution in [0.4, 0.5) is 10.5 Å². The van der Waals surface area contributed by atoms with Crippen molar-refractivity contribution >= 4 is 17.6 Å². The first-order valence-electron chi connectivity index (χ1n) is 8.69. The molecule has 1 fully saturated rings. The molecule has 136 valence electrons. The standard InChI is InChI=1S/C19H22N4O3/c24-18-16(8-5-12-21-18)23-19(25)22-15-7-1-2-9-17(15)26-13-10-14-6-3-4-11-20-14/h1-4,6-7,9,11,16H,5,8,10,12-13H2,(H,21,24)(H2,22,23,25)/t16-/m1/s1. The monoisotopic (exact) mass is 354 g/mol. The van der Waals surface area contributed by atoms with Crippen LogP contribution in [0.5, 0.6) is 5.75 Å². The average molecular weight is 354 g/mol. The van der Waals surface area contributed by atoms with Gasteiger partial charge in [-0.25, -0.2) is 4.79 Å². The number of urea groups is 1. The highest BCUT2D eigenvalue weighted by Gasteiger charge is 2.23. The van der Waals surface area contributed by atoms with Crippen molar-refractivity contribution in [3.05, 3.63) is 54.4 Å². The normalized spacial score (nSPS) is 16.5. The number of nitrogens with zero attached hydrogens (tertiary/aromatic N) is 1. The molecule has 0 bridgehead atoms. The quantitative estimate of drug-likeness (QED) is 0.741. The van der Waals surface area contributed by atoms with E-state index in [0.717, 1.165) is 12.1 Å². The van der Waals surface area contributed by atoms with Gasteiger partial charge in [-0.1, -0.05) is 18.2 Å². The van der Waals surface area contributed by atoms with Gasteiger partial charge in [0.1, 0.15) is 11.8 Å². The van der Waals surface area contributed by atoms with E-state index in [0.29, 0.717) is 37.4 Å². The maximum atomic E-state index is 12.2. The number of rotatable bonds is 6. The zero-order chi connectivity index (χ0) is 18.2. The first-order chi connectivity index (χ1) is 12.7. The molecular weight excluding hydrogens is 332 g/mol. The molecule has 7 heteroatoms. The molecule has 1 atom stereocenters. The number of amides is 3. The molecule has 1 aliphatic heterocycles. The number of hydrogen-bond acceptors (Lipinski definition) is 4. The zero-order valence-corrected chi connectivity index (χ0v) is 14.4. The second-order valence-corrected chi connectivity index (χ2v) is 6.00. The maximum absolute atomic E-state index is 12.2. The van der Waals surface area contributed by atoms with Crippen LogP contribution in [0, 0.1) is 0 Å². The molecule has 0 spiro atoms. The molecule has 3 amide bonds. The van der Waals surface area contributed by atoms with Crippen molar-refractivity contribution < 1.29 is 14.3 Å². The van der Waals surface area contributed by atoms with Gasteiger partial charge in [0.05, 0.1) is 12.3 Å². The summed E-state index contributed by atoms with van der Waals surface area (Å²) in [4.78, 5) is 28.2. The fourth-order valence-electron chi connectivity index (χ4n) is 2.73. The van der Waals surface area contributed by atoms with E-state index in [9.17, 15) is 9.59 Å².